The molecule has 0 aliphatic rings. The molecule has 7 heavy (non-hydrogen) atoms. The molecule has 36 valence electrons. The second kappa shape index (κ2) is 7.62. The topological polar surface area (TPSA) is 77.8 Å². The average Bonchev–Trinajstić information content (AvgIpc) is 0.722. The van der Waals surface area contributed by atoms with E-state index in [1.165, 1.54) is 0 Å². The first-order valence-electron chi connectivity index (χ1n) is 0.783. The summed E-state index contributed by atoms with van der Waals surface area (Å²) in [5.41, 5.74) is 0. The summed E-state index contributed by atoms with van der Waals surface area (Å²) in [6.45, 7) is 0. The molecule has 0 radical (unpaired) electrons. The zero-order valence-corrected chi connectivity index (χ0v) is 12.3. The minimum absolute atomic E-state index is 0. The molecule has 4 nitrogen and oxygen atoms in total. The molecule has 0 aromatic heterocycles. The van der Waals surface area contributed by atoms with Crippen molar-refractivity contribution in [2.75, 3.05) is 0 Å². The molecule has 0 bridgehead atoms. The van der Waals surface area contributed by atoms with E-state index >= 15 is 0 Å². The van der Waals surface area contributed by atoms with E-state index in [-0.39, 0.29) is 106 Å². The summed E-state index contributed by atoms with van der Waals surface area (Å²) < 4.78 is 30.7. The van der Waals surface area contributed by atoms with Gasteiger partial charge in [0.15, 0.2) is 0 Å². The van der Waals surface area contributed by atoms with Crippen molar-refractivity contribution in [1.82, 2.24) is 0 Å². The Morgan fingerprint density at radius 2 is 1.14 bits per heavy atom. The summed E-state index contributed by atoms with van der Waals surface area (Å²) in [6, 6.07) is 0. The standard InChI is InChI=1S/AsH3O4.2K.2H/c2-1(3,4)5;;;;/h(H3,2,3,4,5);;;;/q;2*+1;2*-1. The summed E-state index contributed by atoms with van der Waals surface area (Å²) in [5, 5.41) is 0. The van der Waals surface area contributed by atoms with Gasteiger partial charge < -0.3 is 2.85 Å². The normalized spacial score (nSPS) is 8.43. The number of hydrogen-bond acceptors (Lipinski definition) is 1. The zero-order valence-electron chi connectivity index (χ0n) is 6.20. The van der Waals surface area contributed by atoms with Crippen molar-refractivity contribution in [3.8, 4) is 0 Å². The van der Waals surface area contributed by atoms with Crippen molar-refractivity contribution in [2.24, 2.45) is 0 Å². The molecule has 0 aliphatic heterocycles. The first kappa shape index (κ1) is 16.9. The predicted octanol–water partition coefficient (Wildman–Crippen LogP) is -7.94. The van der Waals surface area contributed by atoms with E-state index < -0.39 is 14.5 Å². The van der Waals surface area contributed by atoms with Gasteiger partial charge in [-0.05, 0) is 0 Å². The molecule has 3 N–H and O–H groups in total. The van der Waals surface area contributed by atoms with Crippen LogP contribution in [0.25, 0.3) is 0 Å². The maximum absolute atomic E-state index is 8.94. The van der Waals surface area contributed by atoms with E-state index in [2.05, 4.69) is 0 Å². The fourth-order valence-corrected chi connectivity index (χ4v) is 0. The van der Waals surface area contributed by atoms with Gasteiger partial charge in [-0.15, -0.1) is 0 Å². The third-order valence-corrected chi connectivity index (χ3v) is 0. The third-order valence-electron chi connectivity index (χ3n) is 0. The van der Waals surface area contributed by atoms with Gasteiger partial charge in [-0.2, -0.15) is 0 Å². The van der Waals surface area contributed by atoms with Gasteiger partial charge in [0.2, 0.25) is 0 Å². The van der Waals surface area contributed by atoms with Crippen LogP contribution in [-0.4, -0.2) is 26.8 Å². The van der Waals surface area contributed by atoms with Crippen molar-refractivity contribution in [2.45, 2.75) is 0 Å². The zero-order chi connectivity index (χ0) is 4.50. The maximum atomic E-state index is 8.94. The van der Waals surface area contributed by atoms with Crippen LogP contribution < -0.4 is 103 Å². The summed E-state index contributed by atoms with van der Waals surface area (Å²) in [5.74, 6) is 0. The largest absolute Gasteiger partial charge is 1.00 e. The second-order valence-electron chi connectivity index (χ2n) is 0.513. The van der Waals surface area contributed by atoms with Gasteiger partial charge in [-0.25, -0.2) is 0 Å². The first-order valence-corrected chi connectivity index (χ1v) is 4.07. The SMILES string of the molecule is O=[As](O)(O)O.[H-].[H-].[K+].[K+]. The fraction of sp³-hybridized carbons (Fsp3) is 0. The Labute approximate surface area is 132 Å². The molecule has 0 amide bonds. The van der Waals surface area contributed by atoms with Crippen molar-refractivity contribution in [3.05, 3.63) is 0 Å². The molecule has 0 saturated heterocycles. The van der Waals surface area contributed by atoms with Gasteiger partial charge in [-0.1, -0.05) is 0 Å². The van der Waals surface area contributed by atoms with Crippen LogP contribution in [0, 0.1) is 0 Å². The Morgan fingerprint density at radius 1 is 1.14 bits per heavy atom. The van der Waals surface area contributed by atoms with Gasteiger partial charge in [0.25, 0.3) is 0 Å². The van der Waals surface area contributed by atoms with Gasteiger partial charge in [0.1, 0.15) is 0 Å². The third kappa shape index (κ3) is 43.5. The summed E-state index contributed by atoms with van der Waals surface area (Å²) in [4.78, 5) is 0. The van der Waals surface area contributed by atoms with E-state index in [1.54, 1.807) is 0 Å². The van der Waals surface area contributed by atoms with Crippen LogP contribution >= 0.6 is 0 Å². The quantitative estimate of drug-likeness (QED) is 0.356. The van der Waals surface area contributed by atoms with Crippen LogP contribution in [0.4, 0.5) is 0 Å². The van der Waals surface area contributed by atoms with Gasteiger partial charge in [0.05, 0.1) is 0 Å². The maximum Gasteiger partial charge on any atom is 1.00 e. The summed E-state index contributed by atoms with van der Waals surface area (Å²) in [6.07, 6.45) is 0. The van der Waals surface area contributed by atoms with Crippen molar-refractivity contribution in [3.63, 3.8) is 0 Å². The van der Waals surface area contributed by atoms with Crippen molar-refractivity contribution >= 4 is 14.5 Å². The second-order valence-corrected chi connectivity index (χ2v) is 2.67. The van der Waals surface area contributed by atoms with Gasteiger partial charge in [0, 0.05) is 0 Å². The average molecular weight is 222 g/mol. The molecule has 0 saturated carbocycles. The van der Waals surface area contributed by atoms with Crippen LogP contribution in [0.5, 0.6) is 0 Å². The van der Waals surface area contributed by atoms with E-state index in [4.69, 9.17) is 16.0 Å². The van der Waals surface area contributed by atoms with Gasteiger partial charge in [-0.3, -0.25) is 0 Å². The molecule has 0 heterocycles. The molecular formula is H5AsK2O4. The van der Waals surface area contributed by atoms with Crippen LogP contribution in [-0.2, 0) is 3.74 Å². The molecule has 0 atom stereocenters. The molecule has 0 unspecified atom stereocenters. The van der Waals surface area contributed by atoms with E-state index in [0.29, 0.717) is 0 Å². The Morgan fingerprint density at radius 3 is 1.14 bits per heavy atom. The van der Waals surface area contributed by atoms with Crippen molar-refractivity contribution < 1.29 is 122 Å². The van der Waals surface area contributed by atoms with E-state index in [9.17, 15) is 0 Å². The fourth-order valence-electron chi connectivity index (χ4n) is 0. The number of rotatable bonds is 0. The van der Waals surface area contributed by atoms with Crippen LogP contribution in [0.1, 0.15) is 2.85 Å². The Hall–Kier alpha value is 3.51. The van der Waals surface area contributed by atoms with Gasteiger partial charge >= 0.3 is 133 Å². The molecule has 0 spiro atoms. The molecule has 7 heteroatoms. The number of hydrogen-bond donors (Lipinski definition) is 3. The molecule has 0 aromatic rings. The van der Waals surface area contributed by atoms with E-state index in [1.807, 2.05) is 0 Å². The molecule has 0 fully saturated rings. The molecule has 0 aliphatic carbocycles. The van der Waals surface area contributed by atoms with Crippen LogP contribution in [0.3, 0.4) is 0 Å². The Kier molecular flexibility index (Phi) is 18.3. The molecule has 0 aromatic carbocycles. The van der Waals surface area contributed by atoms with Crippen molar-refractivity contribution in [1.29, 1.82) is 0 Å². The Bertz CT molecular complexity index is 62.7. The molecular weight excluding hydrogens is 217 g/mol. The predicted molar refractivity (Wildman–Crippen MR) is 15.3 cm³/mol. The first-order chi connectivity index (χ1) is 2.00. The summed E-state index contributed by atoms with van der Waals surface area (Å²) >= 11 is -5.12. The smallest absolute Gasteiger partial charge is 1.00 e. The summed E-state index contributed by atoms with van der Waals surface area (Å²) in [7, 11) is 0. The van der Waals surface area contributed by atoms with E-state index in [0.717, 1.165) is 0 Å². The van der Waals surface area contributed by atoms with Crippen LogP contribution in [0.15, 0.2) is 0 Å². The minimum Gasteiger partial charge on any atom is -1.00 e. The van der Waals surface area contributed by atoms with Crippen LogP contribution in [0.2, 0.25) is 0 Å². The monoisotopic (exact) mass is 222 g/mol. The molecule has 0 rings (SSSR count). The Balaban J connectivity index is -0.0000000133. The minimum atomic E-state index is -5.12.